The molecule has 1 aliphatic rings. The highest BCUT2D eigenvalue weighted by Crippen LogP contribution is 2.29. The minimum atomic E-state index is -0.0892. The van der Waals surface area contributed by atoms with Crippen LogP contribution in [0.4, 0.5) is 0 Å². The number of carbonyl (C=O) groups is 1. The number of epoxide rings is 1. The van der Waals surface area contributed by atoms with Gasteiger partial charge in [0.1, 0.15) is 0 Å². The van der Waals surface area contributed by atoms with Gasteiger partial charge in [-0.05, 0) is 38.5 Å². The molecule has 0 spiro atoms. The van der Waals surface area contributed by atoms with Crippen molar-refractivity contribution < 1.29 is 14.3 Å². The van der Waals surface area contributed by atoms with Gasteiger partial charge in [-0.15, -0.1) is 0 Å². The molecule has 0 aromatic rings. The second-order valence-corrected chi connectivity index (χ2v) is 5.92. The number of allylic oxidation sites excluding steroid dienone is 2. The van der Waals surface area contributed by atoms with E-state index in [2.05, 4.69) is 36.0 Å². The SMILES string of the molecule is CC/C=C/CC1OC1C/C=C/CCCCCCCC(=O)OC. The maximum Gasteiger partial charge on any atom is 0.305 e. The van der Waals surface area contributed by atoms with Gasteiger partial charge in [0.2, 0.25) is 0 Å². The van der Waals surface area contributed by atoms with Crippen LogP contribution in [0.3, 0.4) is 0 Å². The van der Waals surface area contributed by atoms with Gasteiger partial charge in [0.15, 0.2) is 0 Å². The van der Waals surface area contributed by atoms with Crippen molar-refractivity contribution in [2.75, 3.05) is 7.11 Å². The molecule has 3 nitrogen and oxygen atoms in total. The summed E-state index contributed by atoms with van der Waals surface area (Å²) < 4.78 is 10.2. The van der Waals surface area contributed by atoms with E-state index in [0.29, 0.717) is 18.6 Å². The molecule has 22 heavy (non-hydrogen) atoms. The van der Waals surface area contributed by atoms with E-state index in [1.54, 1.807) is 0 Å². The Kier molecular flexibility index (Phi) is 10.7. The number of carbonyl (C=O) groups excluding carboxylic acids is 1. The highest BCUT2D eigenvalue weighted by atomic mass is 16.6. The fourth-order valence-corrected chi connectivity index (χ4v) is 2.50. The Balaban J connectivity index is 1.83. The van der Waals surface area contributed by atoms with Gasteiger partial charge in [-0.1, -0.05) is 50.5 Å². The van der Waals surface area contributed by atoms with Crippen LogP contribution in [0.5, 0.6) is 0 Å². The second kappa shape index (κ2) is 12.5. The molecule has 3 heteroatoms. The summed E-state index contributed by atoms with van der Waals surface area (Å²) >= 11 is 0. The lowest BCUT2D eigenvalue weighted by atomic mass is 10.1. The standard InChI is InChI=1S/C19H32O3/c1-3-4-11-14-17-18(22-17)15-12-9-7-5-6-8-10-13-16-19(20)21-2/h4,9,11-12,17-18H,3,5-8,10,13-16H2,1-2H3/b11-4+,12-9+. The molecule has 0 radical (unpaired) electrons. The highest BCUT2D eigenvalue weighted by molar-refractivity contribution is 5.68. The number of unbranched alkanes of at least 4 members (excludes halogenated alkanes) is 5. The fourth-order valence-electron chi connectivity index (χ4n) is 2.50. The van der Waals surface area contributed by atoms with Gasteiger partial charge in [0, 0.05) is 6.42 Å². The summed E-state index contributed by atoms with van der Waals surface area (Å²) in [6, 6.07) is 0. The van der Waals surface area contributed by atoms with E-state index in [1.807, 2.05) is 0 Å². The maximum atomic E-state index is 10.9. The first-order chi connectivity index (χ1) is 10.8. The molecule has 0 aromatic carbocycles. The molecule has 126 valence electrons. The van der Waals surface area contributed by atoms with Gasteiger partial charge >= 0.3 is 5.97 Å². The van der Waals surface area contributed by atoms with Crippen LogP contribution in [0.15, 0.2) is 24.3 Å². The van der Waals surface area contributed by atoms with Crippen LogP contribution in [-0.2, 0) is 14.3 Å². The van der Waals surface area contributed by atoms with Crippen molar-refractivity contribution in [2.45, 2.75) is 83.3 Å². The summed E-state index contributed by atoms with van der Waals surface area (Å²) in [5.74, 6) is -0.0892. The van der Waals surface area contributed by atoms with E-state index in [1.165, 1.54) is 26.4 Å². The Bertz CT molecular complexity index is 347. The lowest BCUT2D eigenvalue weighted by Gasteiger charge is -2.00. The van der Waals surface area contributed by atoms with Crippen molar-refractivity contribution in [3.05, 3.63) is 24.3 Å². The van der Waals surface area contributed by atoms with Crippen LogP contribution in [0.25, 0.3) is 0 Å². The van der Waals surface area contributed by atoms with Crippen LogP contribution in [0.1, 0.15) is 71.1 Å². The number of hydrogen-bond acceptors (Lipinski definition) is 3. The lowest BCUT2D eigenvalue weighted by Crippen LogP contribution is -1.99. The minimum Gasteiger partial charge on any atom is -0.469 e. The Hall–Kier alpha value is -1.09. The van der Waals surface area contributed by atoms with E-state index < -0.39 is 0 Å². The zero-order valence-electron chi connectivity index (χ0n) is 14.3. The molecule has 1 saturated heterocycles. The van der Waals surface area contributed by atoms with E-state index >= 15 is 0 Å². The van der Waals surface area contributed by atoms with Crippen LogP contribution in [-0.4, -0.2) is 25.3 Å². The normalized spacial score (nSPS) is 20.8. The fraction of sp³-hybridized carbons (Fsp3) is 0.737. The van der Waals surface area contributed by atoms with Gasteiger partial charge < -0.3 is 9.47 Å². The average molecular weight is 308 g/mol. The molecule has 0 N–H and O–H groups in total. The third-order valence-corrected chi connectivity index (χ3v) is 3.97. The number of hydrogen-bond donors (Lipinski definition) is 0. The molecule has 1 heterocycles. The molecule has 1 rings (SSSR count). The summed E-state index contributed by atoms with van der Waals surface area (Å²) in [5.41, 5.74) is 0. The van der Waals surface area contributed by atoms with Crippen molar-refractivity contribution in [1.82, 2.24) is 0 Å². The Labute approximate surface area is 135 Å². The predicted molar refractivity (Wildman–Crippen MR) is 90.8 cm³/mol. The third-order valence-electron chi connectivity index (χ3n) is 3.97. The lowest BCUT2D eigenvalue weighted by molar-refractivity contribution is -0.140. The first kappa shape index (κ1) is 19.0. The number of ether oxygens (including phenoxy) is 2. The molecule has 1 fully saturated rings. The number of esters is 1. The molecular weight excluding hydrogens is 276 g/mol. The summed E-state index contributed by atoms with van der Waals surface area (Å²) in [7, 11) is 1.45. The first-order valence-corrected chi connectivity index (χ1v) is 8.80. The highest BCUT2D eigenvalue weighted by Gasteiger charge is 2.35. The van der Waals surface area contributed by atoms with E-state index in [-0.39, 0.29) is 5.97 Å². The van der Waals surface area contributed by atoms with Crippen LogP contribution in [0.2, 0.25) is 0 Å². The number of rotatable bonds is 13. The van der Waals surface area contributed by atoms with Crippen molar-refractivity contribution in [3.63, 3.8) is 0 Å². The number of methoxy groups -OCH3 is 1. The quantitative estimate of drug-likeness (QED) is 0.209. The van der Waals surface area contributed by atoms with E-state index in [9.17, 15) is 4.79 Å². The largest absolute Gasteiger partial charge is 0.469 e. The first-order valence-electron chi connectivity index (χ1n) is 8.80. The molecule has 1 aliphatic heterocycles. The van der Waals surface area contributed by atoms with Crippen LogP contribution in [0, 0.1) is 0 Å². The summed E-state index contributed by atoms with van der Waals surface area (Å²) in [6.07, 6.45) is 20.6. The smallest absolute Gasteiger partial charge is 0.305 e. The molecule has 2 atom stereocenters. The maximum absolute atomic E-state index is 10.9. The monoisotopic (exact) mass is 308 g/mol. The second-order valence-electron chi connectivity index (χ2n) is 5.92. The van der Waals surface area contributed by atoms with Crippen molar-refractivity contribution >= 4 is 5.97 Å². The predicted octanol–water partition coefficient (Wildman–Crippen LogP) is 4.96. The average Bonchev–Trinajstić information content (AvgIpc) is 3.27. The van der Waals surface area contributed by atoms with Crippen molar-refractivity contribution in [1.29, 1.82) is 0 Å². The van der Waals surface area contributed by atoms with E-state index in [0.717, 1.165) is 38.5 Å². The molecule has 0 saturated carbocycles. The van der Waals surface area contributed by atoms with E-state index in [4.69, 9.17) is 4.74 Å². The minimum absolute atomic E-state index is 0.0892. The van der Waals surface area contributed by atoms with Gasteiger partial charge in [0.05, 0.1) is 19.3 Å². The summed E-state index contributed by atoms with van der Waals surface area (Å²) in [5, 5.41) is 0. The van der Waals surface area contributed by atoms with Gasteiger partial charge in [0.25, 0.3) is 0 Å². The molecular formula is C19H32O3. The van der Waals surface area contributed by atoms with Gasteiger partial charge in [-0.3, -0.25) is 4.79 Å². The third kappa shape index (κ3) is 9.78. The molecule has 0 aromatic heterocycles. The molecule has 0 bridgehead atoms. The zero-order valence-corrected chi connectivity index (χ0v) is 14.3. The van der Waals surface area contributed by atoms with Crippen LogP contribution < -0.4 is 0 Å². The van der Waals surface area contributed by atoms with Gasteiger partial charge in [-0.2, -0.15) is 0 Å². The zero-order chi connectivity index (χ0) is 16.0. The van der Waals surface area contributed by atoms with Crippen LogP contribution >= 0.6 is 0 Å². The van der Waals surface area contributed by atoms with Crippen molar-refractivity contribution in [2.24, 2.45) is 0 Å². The van der Waals surface area contributed by atoms with Gasteiger partial charge in [-0.25, -0.2) is 0 Å². The van der Waals surface area contributed by atoms with Crippen molar-refractivity contribution in [3.8, 4) is 0 Å². The molecule has 0 amide bonds. The summed E-state index contributed by atoms with van der Waals surface area (Å²) in [4.78, 5) is 10.9. The summed E-state index contributed by atoms with van der Waals surface area (Å²) in [6.45, 7) is 2.16. The Morgan fingerprint density at radius 1 is 0.955 bits per heavy atom. The molecule has 2 unspecified atom stereocenters. The Morgan fingerprint density at radius 2 is 1.59 bits per heavy atom. The topological polar surface area (TPSA) is 38.8 Å². The molecule has 0 aliphatic carbocycles. The Morgan fingerprint density at radius 3 is 2.27 bits per heavy atom.